The Morgan fingerprint density at radius 3 is 2.42 bits per heavy atom. The van der Waals surface area contributed by atoms with Crippen LogP contribution >= 0.6 is 0 Å². The van der Waals surface area contributed by atoms with Gasteiger partial charge in [-0.1, -0.05) is 0 Å². The van der Waals surface area contributed by atoms with E-state index in [0.29, 0.717) is 29.5 Å². The first-order valence-corrected chi connectivity index (χ1v) is 9.08. The number of Topliss-reactive ketones (excluding diaryl/α,β-unsaturated/α-hetero) is 1. The first kappa shape index (κ1) is 18.2. The molecule has 1 aromatic carbocycles. The first-order valence-electron chi connectivity index (χ1n) is 9.08. The second-order valence-electron chi connectivity index (χ2n) is 6.76. The average molecular weight is 355 g/mol. The summed E-state index contributed by atoms with van der Waals surface area (Å²) in [5.74, 6) is 0.0374. The number of aryl methyl sites for hydroxylation is 1. The number of benzene rings is 1. The SMILES string of the molecule is CCOc1ccc(C(=O)[C@H](C)OC(=O)c2cc(C)n(C3CC3)c2C)cc1. The van der Waals surface area contributed by atoms with Crippen molar-refractivity contribution in [3.63, 3.8) is 0 Å². The topological polar surface area (TPSA) is 57.5 Å². The summed E-state index contributed by atoms with van der Waals surface area (Å²) >= 11 is 0. The van der Waals surface area contributed by atoms with Crippen LogP contribution in [0.1, 0.15) is 64.8 Å². The number of ether oxygens (including phenoxy) is 2. The van der Waals surface area contributed by atoms with E-state index < -0.39 is 12.1 Å². The molecule has 0 aliphatic heterocycles. The van der Waals surface area contributed by atoms with E-state index in [1.54, 1.807) is 31.2 Å². The third kappa shape index (κ3) is 3.66. The van der Waals surface area contributed by atoms with E-state index in [0.717, 1.165) is 24.2 Å². The molecule has 26 heavy (non-hydrogen) atoms. The number of esters is 1. The second kappa shape index (κ2) is 7.36. The van der Waals surface area contributed by atoms with Gasteiger partial charge in [-0.2, -0.15) is 0 Å². The molecule has 0 saturated heterocycles. The van der Waals surface area contributed by atoms with Crippen molar-refractivity contribution in [3.8, 4) is 5.75 Å². The van der Waals surface area contributed by atoms with Crippen molar-refractivity contribution in [2.24, 2.45) is 0 Å². The summed E-state index contributed by atoms with van der Waals surface area (Å²) in [4.78, 5) is 25.1. The van der Waals surface area contributed by atoms with Crippen LogP contribution in [0.3, 0.4) is 0 Å². The number of hydrogen-bond donors (Lipinski definition) is 0. The first-order chi connectivity index (χ1) is 12.4. The molecule has 1 aliphatic rings. The third-order valence-corrected chi connectivity index (χ3v) is 4.72. The molecule has 0 amide bonds. The number of ketones is 1. The Kier molecular flexibility index (Phi) is 5.16. The van der Waals surface area contributed by atoms with Gasteiger partial charge in [-0.3, -0.25) is 4.79 Å². The molecule has 0 radical (unpaired) electrons. The Bertz CT molecular complexity index is 815. The van der Waals surface area contributed by atoms with Crippen LogP contribution in [0.5, 0.6) is 5.75 Å². The lowest BCUT2D eigenvalue weighted by molar-refractivity contribution is 0.0318. The van der Waals surface area contributed by atoms with Gasteiger partial charge in [0.15, 0.2) is 6.10 Å². The molecule has 1 fully saturated rings. The second-order valence-corrected chi connectivity index (χ2v) is 6.76. The molecule has 1 saturated carbocycles. The van der Waals surface area contributed by atoms with Gasteiger partial charge in [-0.25, -0.2) is 4.79 Å². The van der Waals surface area contributed by atoms with Crippen LogP contribution in [0.25, 0.3) is 0 Å². The van der Waals surface area contributed by atoms with Crippen molar-refractivity contribution in [1.82, 2.24) is 4.57 Å². The van der Waals surface area contributed by atoms with Gasteiger partial charge >= 0.3 is 5.97 Å². The van der Waals surface area contributed by atoms with E-state index in [2.05, 4.69) is 4.57 Å². The molecule has 3 rings (SSSR count). The molecule has 2 aromatic rings. The van der Waals surface area contributed by atoms with Crippen LogP contribution in [-0.4, -0.2) is 29.0 Å². The van der Waals surface area contributed by atoms with Crippen molar-refractivity contribution in [2.75, 3.05) is 6.61 Å². The van der Waals surface area contributed by atoms with E-state index in [4.69, 9.17) is 9.47 Å². The van der Waals surface area contributed by atoms with Crippen LogP contribution in [0.4, 0.5) is 0 Å². The summed E-state index contributed by atoms with van der Waals surface area (Å²) < 4.78 is 13.0. The van der Waals surface area contributed by atoms with Crippen molar-refractivity contribution in [2.45, 2.75) is 52.7 Å². The van der Waals surface area contributed by atoms with E-state index in [9.17, 15) is 9.59 Å². The molecule has 5 heteroatoms. The minimum atomic E-state index is -0.843. The van der Waals surface area contributed by atoms with Gasteiger partial charge in [0.25, 0.3) is 0 Å². The molecule has 1 heterocycles. The van der Waals surface area contributed by atoms with Crippen LogP contribution in [-0.2, 0) is 4.74 Å². The highest BCUT2D eigenvalue weighted by molar-refractivity contribution is 6.01. The molecule has 1 aliphatic carbocycles. The van der Waals surface area contributed by atoms with Crippen LogP contribution in [0.15, 0.2) is 30.3 Å². The molecule has 1 atom stereocenters. The molecule has 1 aromatic heterocycles. The maximum absolute atomic E-state index is 12.6. The molecule has 0 N–H and O–H groups in total. The Hall–Kier alpha value is -2.56. The molecule has 0 spiro atoms. The Balaban J connectivity index is 1.69. The van der Waals surface area contributed by atoms with Crippen molar-refractivity contribution >= 4 is 11.8 Å². The fourth-order valence-corrected chi connectivity index (χ4v) is 3.27. The average Bonchev–Trinajstić information content (AvgIpc) is 3.40. The number of aromatic nitrogens is 1. The lowest BCUT2D eigenvalue weighted by atomic mass is 10.1. The predicted octanol–water partition coefficient (Wildman–Crippen LogP) is 4.27. The molecule has 138 valence electrons. The Morgan fingerprint density at radius 2 is 1.85 bits per heavy atom. The van der Waals surface area contributed by atoms with Gasteiger partial charge < -0.3 is 14.0 Å². The largest absolute Gasteiger partial charge is 0.494 e. The number of carbonyl (C=O) groups is 2. The Labute approximate surface area is 153 Å². The zero-order valence-corrected chi connectivity index (χ0v) is 15.7. The minimum Gasteiger partial charge on any atom is -0.494 e. The smallest absolute Gasteiger partial charge is 0.340 e. The standard InChI is InChI=1S/C21H25NO4/c1-5-25-18-10-6-16(7-11-18)20(23)15(4)26-21(24)19-12-13(2)22(14(19)3)17-8-9-17/h6-7,10-12,15,17H,5,8-9H2,1-4H3/t15-/m0/s1. The summed E-state index contributed by atoms with van der Waals surface area (Å²) in [6, 6.07) is 9.22. The van der Waals surface area contributed by atoms with E-state index in [-0.39, 0.29) is 5.78 Å². The van der Waals surface area contributed by atoms with E-state index >= 15 is 0 Å². The van der Waals surface area contributed by atoms with Gasteiger partial charge in [-0.15, -0.1) is 0 Å². The summed E-state index contributed by atoms with van der Waals surface area (Å²) in [6.07, 6.45) is 1.46. The van der Waals surface area contributed by atoms with Gasteiger partial charge in [0.1, 0.15) is 5.75 Å². The van der Waals surface area contributed by atoms with Gasteiger partial charge in [0, 0.05) is 23.0 Å². The molecular formula is C21H25NO4. The zero-order valence-electron chi connectivity index (χ0n) is 15.7. The lowest BCUT2D eigenvalue weighted by Crippen LogP contribution is -2.24. The minimum absolute atomic E-state index is 0.225. The van der Waals surface area contributed by atoms with Crippen LogP contribution in [0.2, 0.25) is 0 Å². The highest BCUT2D eigenvalue weighted by Crippen LogP contribution is 2.38. The summed E-state index contributed by atoms with van der Waals surface area (Å²) in [6.45, 7) is 8.01. The zero-order chi connectivity index (χ0) is 18.8. The number of carbonyl (C=O) groups excluding carboxylic acids is 2. The van der Waals surface area contributed by atoms with Crippen molar-refractivity contribution in [3.05, 3.63) is 52.8 Å². The van der Waals surface area contributed by atoms with Gasteiger partial charge in [0.05, 0.1) is 12.2 Å². The normalized spacial score (nSPS) is 14.8. The highest BCUT2D eigenvalue weighted by Gasteiger charge is 2.29. The summed E-state index contributed by atoms with van der Waals surface area (Å²) in [7, 11) is 0. The van der Waals surface area contributed by atoms with E-state index in [1.807, 2.05) is 26.8 Å². The molecule has 0 unspecified atom stereocenters. The predicted molar refractivity (Wildman–Crippen MR) is 99.0 cm³/mol. The van der Waals surface area contributed by atoms with Gasteiger partial charge in [-0.05, 0) is 70.9 Å². The number of rotatable bonds is 7. The van der Waals surface area contributed by atoms with Crippen LogP contribution in [0, 0.1) is 13.8 Å². The summed E-state index contributed by atoms with van der Waals surface area (Å²) in [5.41, 5.74) is 3.01. The molecule has 5 nitrogen and oxygen atoms in total. The van der Waals surface area contributed by atoms with Crippen molar-refractivity contribution < 1.29 is 19.1 Å². The maximum Gasteiger partial charge on any atom is 0.340 e. The molecular weight excluding hydrogens is 330 g/mol. The number of hydrogen-bond acceptors (Lipinski definition) is 4. The van der Waals surface area contributed by atoms with E-state index in [1.165, 1.54) is 0 Å². The third-order valence-electron chi connectivity index (χ3n) is 4.72. The Morgan fingerprint density at radius 1 is 1.19 bits per heavy atom. The maximum atomic E-state index is 12.6. The van der Waals surface area contributed by atoms with Crippen molar-refractivity contribution in [1.29, 1.82) is 0 Å². The summed E-state index contributed by atoms with van der Waals surface area (Å²) in [5, 5.41) is 0. The number of nitrogens with zero attached hydrogens (tertiary/aromatic N) is 1. The monoisotopic (exact) mass is 355 g/mol. The highest BCUT2D eigenvalue weighted by atomic mass is 16.5. The fourth-order valence-electron chi connectivity index (χ4n) is 3.27. The van der Waals surface area contributed by atoms with Gasteiger partial charge in [0.2, 0.25) is 5.78 Å². The van der Waals surface area contributed by atoms with Crippen LogP contribution < -0.4 is 4.74 Å². The lowest BCUT2D eigenvalue weighted by Gasteiger charge is -2.13. The quantitative estimate of drug-likeness (QED) is 0.550. The fraction of sp³-hybridized carbons (Fsp3) is 0.429. The molecule has 0 bridgehead atoms.